The molecule has 2 rings (SSSR count). The summed E-state index contributed by atoms with van der Waals surface area (Å²) in [4.78, 5) is 14.6. The van der Waals surface area contributed by atoms with Crippen molar-refractivity contribution in [3.8, 4) is 0 Å². The van der Waals surface area contributed by atoms with Crippen molar-refractivity contribution >= 4 is 5.97 Å². The van der Waals surface area contributed by atoms with Crippen LogP contribution in [-0.4, -0.2) is 20.6 Å². The van der Waals surface area contributed by atoms with Gasteiger partial charge < -0.3 is 9.67 Å². The molecule has 0 spiro atoms. The molecular formula is C11H16N2O2. The van der Waals surface area contributed by atoms with Crippen LogP contribution in [0.3, 0.4) is 0 Å². The first kappa shape index (κ1) is 10.2. The van der Waals surface area contributed by atoms with E-state index < -0.39 is 5.97 Å². The molecule has 82 valence electrons. The topological polar surface area (TPSA) is 55.1 Å². The van der Waals surface area contributed by atoms with Gasteiger partial charge in [-0.1, -0.05) is 19.3 Å². The van der Waals surface area contributed by atoms with Gasteiger partial charge in [-0.3, -0.25) is 4.79 Å². The molecule has 4 nitrogen and oxygen atoms in total. The fraction of sp³-hybridized carbons (Fsp3) is 0.636. The van der Waals surface area contributed by atoms with E-state index in [1.165, 1.54) is 32.1 Å². The smallest absolute Gasteiger partial charge is 0.309 e. The Bertz CT molecular complexity index is 340. The summed E-state index contributed by atoms with van der Waals surface area (Å²) in [5, 5.41) is 8.64. The van der Waals surface area contributed by atoms with Crippen LogP contribution >= 0.6 is 0 Å². The fourth-order valence-electron chi connectivity index (χ4n) is 2.20. The Labute approximate surface area is 88.9 Å². The van der Waals surface area contributed by atoms with Crippen LogP contribution in [0.1, 0.15) is 43.8 Å². The molecule has 1 saturated carbocycles. The van der Waals surface area contributed by atoms with Gasteiger partial charge in [-0.05, 0) is 12.8 Å². The SMILES string of the molecule is O=C(O)Cc1cn(C2CCCCC2)cn1. The summed E-state index contributed by atoms with van der Waals surface area (Å²) < 4.78 is 2.08. The molecule has 0 unspecified atom stereocenters. The molecule has 1 aromatic rings. The number of carboxylic acid groups (broad SMARTS) is 1. The van der Waals surface area contributed by atoms with Gasteiger partial charge in [0.15, 0.2) is 0 Å². The van der Waals surface area contributed by atoms with E-state index in [4.69, 9.17) is 5.11 Å². The number of hydrogen-bond donors (Lipinski definition) is 1. The lowest BCUT2D eigenvalue weighted by molar-refractivity contribution is -0.136. The van der Waals surface area contributed by atoms with E-state index in [0.29, 0.717) is 11.7 Å². The zero-order chi connectivity index (χ0) is 10.7. The molecule has 0 aromatic carbocycles. The molecule has 1 aliphatic rings. The minimum absolute atomic E-state index is 0.0275. The van der Waals surface area contributed by atoms with Crippen molar-refractivity contribution in [2.45, 2.75) is 44.6 Å². The normalized spacial score (nSPS) is 17.9. The first-order valence-corrected chi connectivity index (χ1v) is 5.50. The quantitative estimate of drug-likeness (QED) is 0.826. The third-order valence-electron chi connectivity index (χ3n) is 2.98. The summed E-state index contributed by atoms with van der Waals surface area (Å²) in [5.41, 5.74) is 0.660. The number of nitrogens with zero attached hydrogens (tertiary/aromatic N) is 2. The maximum atomic E-state index is 10.5. The number of hydrogen-bond acceptors (Lipinski definition) is 2. The molecule has 0 amide bonds. The average molecular weight is 208 g/mol. The van der Waals surface area contributed by atoms with Gasteiger partial charge in [0.2, 0.25) is 0 Å². The highest BCUT2D eigenvalue weighted by Crippen LogP contribution is 2.27. The second-order valence-corrected chi connectivity index (χ2v) is 4.17. The average Bonchev–Trinajstić information content (AvgIpc) is 2.67. The van der Waals surface area contributed by atoms with E-state index in [1.807, 2.05) is 6.20 Å². The van der Waals surface area contributed by atoms with Crippen LogP contribution < -0.4 is 0 Å². The predicted molar refractivity (Wildman–Crippen MR) is 55.7 cm³/mol. The maximum Gasteiger partial charge on any atom is 0.309 e. The van der Waals surface area contributed by atoms with Crippen LogP contribution in [0, 0.1) is 0 Å². The van der Waals surface area contributed by atoms with E-state index >= 15 is 0 Å². The van der Waals surface area contributed by atoms with Gasteiger partial charge in [-0.15, -0.1) is 0 Å². The van der Waals surface area contributed by atoms with Crippen molar-refractivity contribution in [2.75, 3.05) is 0 Å². The predicted octanol–water partition coefficient (Wildman–Crippen LogP) is 2.02. The van der Waals surface area contributed by atoms with Crippen molar-refractivity contribution < 1.29 is 9.90 Å². The number of imidazole rings is 1. The number of carboxylic acids is 1. The molecule has 4 heteroatoms. The molecule has 1 aliphatic carbocycles. The Morgan fingerprint density at radius 3 is 2.87 bits per heavy atom. The minimum Gasteiger partial charge on any atom is -0.481 e. The number of carbonyl (C=O) groups is 1. The van der Waals surface area contributed by atoms with E-state index in [1.54, 1.807) is 6.33 Å². The third-order valence-corrected chi connectivity index (χ3v) is 2.98. The van der Waals surface area contributed by atoms with Gasteiger partial charge in [0, 0.05) is 12.2 Å². The summed E-state index contributed by atoms with van der Waals surface area (Å²) in [5.74, 6) is -0.816. The zero-order valence-electron chi connectivity index (χ0n) is 8.72. The Hall–Kier alpha value is -1.32. The lowest BCUT2D eigenvalue weighted by Crippen LogP contribution is -2.10. The Morgan fingerprint density at radius 2 is 2.20 bits per heavy atom. The van der Waals surface area contributed by atoms with Crippen molar-refractivity contribution in [2.24, 2.45) is 0 Å². The van der Waals surface area contributed by atoms with Gasteiger partial charge in [0.25, 0.3) is 0 Å². The Kier molecular flexibility index (Phi) is 3.04. The molecule has 0 aliphatic heterocycles. The molecule has 0 radical (unpaired) electrons. The summed E-state index contributed by atoms with van der Waals surface area (Å²) in [6, 6.07) is 0.536. The maximum absolute atomic E-state index is 10.5. The molecule has 0 saturated heterocycles. The van der Waals surface area contributed by atoms with Gasteiger partial charge in [0.05, 0.1) is 18.4 Å². The molecule has 0 atom stereocenters. The second kappa shape index (κ2) is 4.47. The molecule has 15 heavy (non-hydrogen) atoms. The van der Waals surface area contributed by atoms with Crippen molar-refractivity contribution in [3.05, 3.63) is 18.2 Å². The standard InChI is InChI=1S/C11H16N2O2/c14-11(15)6-9-7-13(8-12-9)10-4-2-1-3-5-10/h7-8,10H,1-6H2,(H,14,15). The van der Waals surface area contributed by atoms with Gasteiger partial charge in [-0.25, -0.2) is 4.98 Å². The molecule has 0 bridgehead atoms. The Balaban J connectivity index is 2.02. The van der Waals surface area contributed by atoms with E-state index in [0.717, 1.165) is 0 Å². The first-order chi connectivity index (χ1) is 7.25. The van der Waals surface area contributed by atoms with Gasteiger partial charge in [-0.2, -0.15) is 0 Å². The molecule has 1 fully saturated rings. The van der Waals surface area contributed by atoms with Crippen molar-refractivity contribution in [3.63, 3.8) is 0 Å². The third kappa shape index (κ3) is 2.58. The highest BCUT2D eigenvalue weighted by Gasteiger charge is 2.15. The molecular weight excluding hydrogens is 192 g/mol. The van der Waals surface area contributed by atoms with E-state index in [-0.39, 0.29) is 6.42 Å². The van der Waals surface area contributed by atoms with Crippen LogP contribution in [0.15, 0.2) is 12.5 Å². The molecule has 1 aromatic heterocycles. The van der Waals surface area contributed by atoms with Crippen molar-refractivity contribution in [1.29, 1.82) is 0 Å². The van der Waals surface area contributed by atoms with Gasteiger partial charge in [0.1, 0.15) is 0 Å². The van der Waals surface area contributed by atoms with E-state index in [9.17, 15) is 4.79 Å². The zero-order valence-corrected chi connectivity index (χ0v) is 8.72. The van der Waals surface area contributed by atoms with Crippen LogP contribution in [0.5, 0.6) is 0 Å². The highest BCUT2D eigenvalue weighted by atomic mass is 16.4. The lowest BCUT2D eigenvalue weighted by atomic mass is 9.95. The number of aromatic nitrogens is 2. The van der Waals surface area contributed by atoms with Crippen LogP contribution in [0.4, 0.5) is 0 Å². The largest absolute Gasteiger partial charge is 0.481 e. The van der Waals surface area contributed by atoms with Crippen molar-refractivity contribution in [1.82, 2.24) is 9.55 Å². The van der Waals surface area contributed by atoms with Gasteiger partial charge >= 0.3 is 5.97 Å². The molecule has 1 heterocycles. The number of aliphatic carboxylic acids is 1. The summed E-state index contributed by atoms with van der Waals surface area (Å²) in [7, 11) is 0. The first-order valence-electron chi connectivity index (χ1n) is 5.50. The minimum atomic E-state index is -0.816. The van der Waals surface area contributed by atoms with Crippen LogP contribution in [0.2, 0.25) is 0 Å². The lowest BCUT2D eigenvalue weighted by Gasteiger charge is -2.22. The summed E-state index contributed by atoms with van der Waals surface area (Å²) >= 11 is 0. The van der Waals surface area contributed by atoms with Crippen LogP contribution in [0.25, 0.3) is 0 Å². The number of rotatable bonds is 3. The molecule has 1 N–H and O–H groups in total. The monoisotopic (exact) mass is 208 g/mol. The summed E-state index contributed by atoms with van der Waals surface area (Å²) in [6.07, 6.45) is 9.95. The van der Waals surface area contributed by atoms with E-state index in [2.05, 4.69) is 9.55 Å². The second-order valence-electron chi connectivity index (χ2n) is 4.17. The summed E-state index contributed by atoms with van der Waals surface area (Å²) in [6.45, 7) is 0. The Morgan fingerprint density at radius 1 is 1.47 bits per heavy atom. The highest BCUT2D eigenvalue weighted by molar-refractivity contribution is 5.69. The van der Waals surface area contributed by atoms with Crippen LogP contribution in [-0.2, 0) is 11.2 Å². The fourth-order valence-corrected chi connectivity index (χ4v) is 2.20.